The van der Waals surface area contributed by atoms with Crippen LogP contribution in [0.15, 0.2) is 47.8 Å². The Hall–Kier alpha value is -2.78. The van der Waals surface area contributed by atoms with Gasteiger partial charge in [-0.1, -0.05) is 23.4 Å². The first-order chi connectivity index (χ1) is 13.4. The van der Waals surface area contributed by atoms with Crippen molar-refractivity contribution >= 4 is 22.4 Å². The highest BCUT2D eigenvalue weighted by Gasteiger charge is 2.30. The molecule has 0 aliphatic carbocycles. The molecule has 1 N–H and O–H groups in total. The van der Waals surface area contributed by atoms with E-state index in [4.69, 9.17) is 0 Å². The molecule has 0 aliphatic heterocycles. The Bertz CT molecular complexity index is 1100. The van der Waals surface area contributed by atoms with Crippen molar-refractivity contribution < 1.29 is 13.2 Å². The van der Waals surface area contributed by atoms with E-state index >= 15 is 0 Å². The lowest BCUT2D eigenvalue weighted by molar-refractivity contribution is -0.137. The Morgan fingerprint density at radius 3 is 2.61 bits per heavy atom. The quantitative estimate of drug-likeness (QED) is 0.537. The molecule has 0 amide bonds. The van der Waals surface area contributed by atoms with Gasteiger partial charge < -0.3 is 5.32 Å². The molecule has 0 unspecified atom stereocenters. The predicted octanol–water partition coefficient (Wildman–Crippen LogP) is 4.40. The highest BCUT2D eigenvalue weighted by molar-refractivity contribution is 7.13. The van der Waals surface area contributed by atoms with Crippen molar-refractivity contribution in [2.45, 2.75) is 19.3 Å². The molecule has 28 heavy (non-hydrogen) atoms. The van der Waals surface area contributed by atoms with Crippen LogP contribution in [0.2, 0.25) is 0 Å². The van der Waals surface area contributed by atoms with Gasteiger partial charge in [0.15, 0.2) is 0 Å². The molecule has 0 atom stereocenters. The van der Waals surface area contributed by atoms with Crippen LogP contribution in [0, 0.1) is 0 Å². The lowest BCUT2D eigenvalue weighted by atomic mass is 10.1. The van der Waals surface area contributed by atoms with E-state index < -0.39 is 11.7 Å². The topological polar surface area (TPSA) is 55.6 Å². The number of hydrogen-bond acceptors (Lipinski definition) is 5. The van der Waals surface area contributed by atoms with Crippen molar-refractivity contribution in [2.24, 2.45) is 7.05 Å². The summed E-state index contributed by atoms with van der Waals surface area (Å²) in [5.41, 5.74) is 3.78. The SMILES string of the molecule is Cn1nnc2cc(CNCc3csc(-c4ccc(C(F)(F)F)cc4)n3)ccc21. The molecule has 0 saturated heterocycles. The first kappa shape index (κ1) is 18.6. The van der Waals surface area contributed by atoms with Crippen molar-refractivity contribution in [2.75, 3.05) is 0 Å². The average Bonchev–Trinajstić information content (AvgIpc) is 3.28. The number of halogens is 3. The minimum Gasteiger partial charge on any atom is -0.307 e. The second kappa shape index (κ2) is 7.33. The maximum atomic E-state index is 12.7. The summed E-state index contributed by atoms with van der Waals surface area (Å²) in [5.74, 6) is 0. The lowest BCUT2D eigenvalue weighted by Gasteiger charge is -2.06. The molecule has 144 valence electrons. The average molecular weight is 403 g/mol. The summed E-state index contributed by atoms with van der Waals surface area (Å²) >= 11 is 1.41. The molecule has 9 heteroatoms. The molecule has 5 nitrogen and oxygen atoms in total. The third kappa shape index (κ3) is 3.90. The van der Waals surface area contributed by atoms with E-state index in [0.29, 0.717) is 23.7 Å². The molecule has 0 aliphatic rings. The Morgan fingerprint density at radius 2 is 1.86 bits per heavy atom. The molecule has 0 saturated carbocycles. The van der Waals surface area contributed by atoms with Gasteiger partial charge in [0.05, 0.1) is 16.8 Å². The van der Waals surface area contributed by atoms with E-state index in [1.165, 1.54) is 23.5 Å². The van der Waals surface area contributed by atoms with Gasteiger partial charge in [-0.3, -0.25) is 0 Å². The van der Waals surface area contributed by atoms with E-state index in [9.17, 15) is 13.2 Å². The van der Waals surface area contributed by atoms with Gasteiger partial charge in [0.1, 0.15) is 10.5 Å². The van der Waals surface area contributed by atoms with Crippen LogP contribution < -0.4 is 5.32 Å². The van der Waals surface area contributed by atoms with Gasteiger partial charge >= 0.3 is 6.18 Å². The number of aromatic nitrogens is 4. The first-order valence-corrected chi connectivity index (χ1v) is 9.39. The van der Waals surface area contributed by atoms with Gasteiger partial charge in [0.25, 0.3) is 0 Å². The second-order valence-corrected chi connectivity index (χ2v) is 7.22. The fraction of sp³-hybridized carbons (Fsp3) is 0.211. The lowest BCUT2D eigenvalue weighted by Crippen LogP contribution is -2.12. The molecule has 4 rings (SSSR count). The van der Waals surface area contributed by atoms with Crippen molar-refractivity contribution in [3.63, 3.8) is 0 Å². The summed E-state index contributed by atoms with van der Waals surface area (Å²) in [6, 6.07) is 11.1. The molecule has 2 heterocycles. The smallest absolute Gasteiger partial charge is 0.307 e. The number of benzene rings is 2. The van der Waals surface area contributed by atoms with E-state index in [1.807, 2.05) is 30.6 Å². The standard InChI is InChI=1S/C19H16F3N5S/c1-27-17-7-2-12(8-16(17)25-26-27)9-23-10-15-11-28-18(24-15)13-3-5-14(6-4-13)19(20,21)22/h2-8,11,23H,9-10H2,1H3. The van der Waals surface area contributed by atoms with Crippen molar-refractivity contribution in [1.82, 2.24) is 25.3 Å². The maximum absolute atomic E-state index is 12.7. The highest BCUT2D eigenvalue weighted by Crippen LogP contribution is 2.31. The molecular weight excluding hydrogens is 387 g/mol. The van der Waals surface area contributed by atoms with Crippen molar-refractivity contribution in [1.29, 1.82) is 0 Å². The van der Waals surface area contributed by atoms with Gasteiger partial charge in [0, 0.05) is 31.1 Å². The molecule has 0 radical (unpaired) electrons. The van der Waals surface area contributed by atoms with E-state index in [-0.39, 0.29) is 0 Å². The number of nitrogens with one attached hydrogen (secondary N) is 1. The summed E-state index contributed by atoms with van der Waals surface area (Å²) in [4.78, 5) is 4.51. The number of aryl methyl sites for hydroxylation is 1. The zero-order chi connectivity index (χ0) is 19.7. The molecule has 0 spiro atoms. The molecule has 4 aromatic rings. The summed E-state index contributed by atoms with van der Waals surface area (Å²) in [5, 5.41) is 14.0. The van der Waals surface area contributed by atoms with Crippen LogP contribution >= 0.6 is 11.3 Å². The number of alkyl halides is 3. The summed E-state index contributed by atoms with van der Waals surface area (Å²) in [7, 11) is 1.85. The second-order valence-electron chi connectivity index (χ2n) is 6.36. The Morgan fingerprint density at radius 1 is 1.07 bits per heavy atom. The highest BCUT2D eigenvalue weighted by atomic mass is 32.1. The largest absolute Gasteiger partial charge is 0.416 e. The van der Waals surface area contributed by atoms with E-state index in [1.54, 1.807) is 4.68 Å². The number of thiazole rings is 1. The van der Waals surface area contributed by atoms with Crippen LogP contribution in [0.3, 0.4) is 0 Å². The zero-order valence-corrected chi connectivity index (χ0v) is 15.7. The molecule has 0 fully saturated rings. The number of hydrogen-bond donors (Lipinski definition) is 1. The monoisotopic (exact) mass is 403 g/mol. The Kier molecular flexibility index (Phi) is 4.86. The van der Waals surface area contributed by atoms with E-state index in [0.717, 1.165) is 34.4 Å². The zero-order valence-electron chi connectivity index (χ0n) is 14.9. The molecule has 2 aromatic carbocycles. The molecule has 2 aromatic heterocycles. The summed E-state index contributed by atoms with van der Waals surface area (Å²) < 4.78 is 39.7. The van der Waals surface area contributed by atoms with Crippen LogP contribution in [0.4, 0.5) is 13.2 Å². The third-order valence-electron chi connectivity index (χ3n) is 4.32. The molecule has 0 bridgehead atoms. The maximum Gasteiger partial charge on any atom is 0.416 e. The summed E-state index contributed by atoms with van der Waals surface area (Å²) in [6.45, 7) is 1.22. The van der Waals surface area contributed by atoms with Crippen LogP contribution in [-0.2, 0) is 26.3 Å². The normalized spacial score (nSPS) is 12.0. The Labute approximate surface area is 162 Å². The summed E-state index contributed by atoms with van der Waals surface area (Å²) in [6.07, 6.45) is -4.33. The predicted molar refractivity (Wildman–Crippen MR) is 102 cm³/mol. The Balaban J connectivity index is 1.38. The number of fused-ring (bicyclic) bond motifs is 1. The van der Waals surface area contributed by atoms with Gasteiger partial charge in [-0.2, -0.15) is 13.2 Å². The van der Waals surface area contributed by atoms with E-state index in [2.05, 4.69) is 20.6 Å². The van der Waals surface area contributed by atoms with Crippen LogP contribution in [0.25, 0.3) is 21.6 Å². The van der Waals surface area contributed by atoms with Gasteiger partial charge in [-0.15, -0.1) is 16.4 Å². The van der Waals surface area contributed by atoms with Gasteiger partial charge in [0.2, 0.25) is 0 Å². The molecular formula is C19H16F3N5S. The van der Waals surface area contributed by atoms with Crippen LogP contribution in [0.5, 0.6) is 0 Å². The van der Waals surface area contributed by atoms with Gasteiger partial charge in [-0.05, 0) is 29.8 Å². The number of nitrogens with zero attached hydrogens (tertiary/aromatic N) is 4. The van der Waals surface area contributed by atoms with Crippen molar-refractivity contribution in [3.8, 4) is 10.6 Å². The van der Waals surface area contributed by atoms with Crippen LogP contribution in [-0.4, -0.2) is 20.0 Å². The van der Waals surface area contributed by atoms with Gasteiger partial charge in [-0.25, -0.2) is 9.67 Å². The van der Waals surface area contributed by atoms with Crippen molar-refractivity contribution in [3.05, 3.63) is 64.7 Å². The minimum absolute atomic E-state index is 0.565. The fourth-order valence-electron chi connectivity index (χ4n) is 2.85. The fourth-order valence-corrected chi connectivity index (χ4v) is 3.68. The third-order valence-corrected chi connectivity index (χ3v) is 5.26. The number of rotatable bonds is 5. The first-order valence-electron chi connectivity index (χ1n) is 8.51. The minimum atomic E-state index is -4.33. The van der Waals surface area contributed by atoms with Crippen LogP contribution in [0.1, 0.15) is 16.8 Å².